The minimum atomic E-state index is -1.04. The Labute approximate surface area is 200 Å². The van der Waals surface area contributed by atoms with Crippen LogP contribution in [0.15, 0.2) is 58.3 Å². The molecule has 0 fully saturated rings. The maximum Gasteiger partial charge on any atom is 0.344 e. The first-order valence-corrected chi connectivity index (χ1v) is 10.5. The average Bonchev–Trinajstić information content (AvgIpc) is 3.08. The van der Waals surface area contributed by atoms with E-state index >= 15 is 0 Å². The molecule has 2 heterocycles. The van der Waals surface area contributed by atoms with Gasteiger partial charge in [0, 0.05) is 24.8 Å². The van der Waals surface area contributed by atoms with Gasteiger partial charge in [-0.3, -0.25) is 9.59 Å². The molecule has 0 bridgehead atoms. The van der Waals surface area contributed by atoms with Crippen LogP contribution in [-0.4, -0.2) is 25.6 Å². The minimum absolute atomic E-state index is 0.00914. The number of aromatic nitrogens is 3. The van der Waals surface area contributed by atoms with E-state index in [9.17, 15) is 28.0 Å². The summed E-state index contributed by atoms with van der Waals surface area (Å²) in [5.41, 5.74) is 4.67. The number of primary amides is 1. The van der Waals surface area contributed by atoms with E-state index < -0.39 is 34.8 Å². The standard InChI is InChI=1S/C23H17ClF2N4O5/c1-12(31)29-18-8-13(2-5-17(18)30(22(27)33)23(29)34)10-28-7-6-19(20(24)21(28)32)35-11-14-3-4-15(25)9-16(14)26/h2-9H,10-11H2,1H3,(H2,27,33). The molecular weight excluding hydrogens is 486 g/mol. The molecule has 4 aromatic rings. The molecular formula is C23H17ClF2N4O5. The third-order valence-electron chi connectivity index (χ3n) is 5.26. The van der Waals surface area contributed by atoms with Crippen molar-refractivity contribution in [3.63, 3.8) is 0 Å². The van der Waals surface area contributed by atoms with Gasteiger partial charge in [0.1, 0.15) is 29.0 Å². The number of nitrogens with two attached hydrogens (primary N) is 1. The third kappa shape index (κ3) is 4.45. The molecule has 0 radical (unpaired) electrons. The van der Waals surface area contributed by atoms with Gasteiger partial charge in [-0.15, -0.1) is 0 Å². The Morgan fingerprint density at radius 1 is 1.03 bits per heavy atom. The lowest BCUT2D eigenvalue weighted by Gasteiger charge is -2.12. The first kappa shape index (κ1) is 23.9. The Hall–Kier alpha value is -4.25. The van der Waals surface area contributed by atoms with E-state index in [2.05, 4.69) is 0 Å². The summed E-state index contributed by atoms with van der Waals surface area (Å²) in [6.07, 6.45) is 1.40. The predicted molar refractivity (Wildman–Crippen MR) is 123 cm³/mol. The number of benzene rings is 2. The second kappa shape index (κ2) is 9.18. The van der Waals surface area contributed by atoms with E-state index in [1.54, 1.807) is 6.07 Å². The van der Waals surface area contributed by atoms with E-state index in [1.807, 2.05) is 0 Å². The topological polar surface area (TPSA) is 118 Å². The Morgan fingerprint density at radius 3 is 2.43 bits per heavy atom. The molecule has 0 spiro atoms. The smallest absolute Gasteiger partial charge is 0.344 e. The quantitative estimate of drug-likeness (QED) is 0.450. The maximum atomic E-state index is 13.8. The molecule has 0 unspecified atom stereocenters. The predicted octanol–water partition coefficient (Wildman–Crippen LogP) is 3.11. The zero-order valence-corrected chi connectivity index (χ0v) is 18.9. The molecule has 0 aliphatic rings. The number of nitrogens with zero attached hydrogens (tertiary/aromatic N) is 3. The molecule has 0 aliphatic carbocycles. The van der Waals surface area contributed by atoms with Gasteiger partial charge in [-0.05, 0) is 35.9 Å². The van der Waals surface area contributed by atoms with Crippen LogP contribution in [0.2, 0.25) is 5.02 Å². The van der Waals surface area contributed by atoms with E-state index in [4.69, 9.17) is 22.1 Å². The van der Waals surface area contributed by atoms with Crippen LogP contribution in [0.5, 0.6) is 5.75 Å². The molecule has 4 rings (SSSR count). The van der Waals surface area contributed by atoms with Crippen LogP contribution in [0.25, 0.3) is 11.0 Å². The summed E-state index contributed by atoms with van der Waals surface area (Å²) in [6, 6.07) is 7.90. The monoisotopic (exact) mass is 502 g/mol. The van der Waals surface area contributed by atoms with Gasteiger partial charge in [0.25, 0.3) is 5.56 Å². The summed E-state index contributed by atoms with van der Waals surface area (Å²) < 4.78 is 35.1. The number of amides is 1. The lowest BCUT2D eigenvalue weighted by Crippen LogP contribution is -2.34. The van der Waals surface area contributed by atoms with Crippen LogP contribution in [-0.2, 0) is 13.2 Å². The number of carbonyl (C=O) groups is 2. The van der Waals surface area contributed by atoms with Crippen molar-refractivity contribution in [1.82, 2.24) is 13.7 Å². The van der Waals surface area contributed by atoms with E-state index in [-0.39, 0.29) is 40.5 Å². The fraction of sp³-hybridized carbons (Fsp3) is 0.130. The molecule has 12 heteroatoms. The fourth-order valence-electron chi connectivity index (χ4n) is 3.62. The molecule has 0 atom stereocenters. The molecule has 2 aromatic carbocycles. The lowest BCUT2D eigenvalue weighted by atomic mass is 10.2. The largest absolute Gasteiger partial charge is 0.487 e. The summed E-state index contributed by atoms with van der Waals surface area (Å²) in [5.74, 6) is -2.12. The number of halogens is 3. The molecule has 0 saturated carbocycles. The van der Waals surface area contributed by atoms with Gasteiger partial charge in [-0.25, -0.2) is 27.5 Å². The van der Waals surface area contributed by atoms with Crippen LogP contribution in [0.1, 0.15) is 22.8 Å². The number of hydrogen-bond acceptors (Lipinski definition) is 5. The molecule has 0 aliphatic heterocycles. The molecule has 9 nitrogen and oxygen atoms in total. The van der Waals surface area contributed by atoms with E-state index in [0.717, 1.165) is 16.7 Å². The van der Waals surface area contributed by atoms with Crippen molar-refractivity contribution < 1.29 is 23.1 Å². The Morgan fingerprint density at radius 2 is 1.77 bits per heavy atom. The van der Waals surface area contributed by atoms with Crippen molar-refractivity contribution in [2.75, 3.05) is 0 Å². The fourth-order valence-corrected chi connectivity index (χ4v) is 3.84. The Bertz CT molecular complexity index is 1620. The van der Waals surface area contributed by atoms with Gasteiger partial charge in [-0.2, -0.15) is 0 Å². The van der Waals surface area contributed by atoms with Gasteiger partial charge in [0.05, 0.1) is 17.6 Å². The zero-order valence-electron chi connectivity index (χ0n) is 18.1. The summed E-state index contributed by atoms with van der Waals surface area (Å²) in [5, 5.41) is -0.253. The van der Waals surface area contributed by atoms with E-state index in [0.29, 0.717) is 10.1 Å². The number of ether oxygens (including phenoxy) is 1. The third-order valence-corrected chi connectivity index (χ3v) is 5.61. The normalized spacial score (nSPS) is 11.1. The summed E-state index contributed by atoms with van der Waals surface area (Å²) >= 11 is 6.16. The van der Waals surface area contributed by atoms with Crippen molar-refractivity contribution >= 4 is 34.6 Å². The highest BCUT2D eigenvalue weighted by Gasteiger charge is 2.19. The highest BCUT2D eigenvalue weighted by atomic mass is 35.5. The highest BCUT2D eigenvalue weighted by Crippen LogP contribution is 2.23. The molecule has 1 amide bonds. The highest BCUT2D eigenvalue weighted by molar-refractivity contribution is 6.31. The van der Waals surface area contributed by atoms with Crippen molar-refractivity contribution in [3.05, 3.63) is 97.3 Å². The van der Waals surface area contributed by atoms with Crippen LogP contribution in [0, 0.1) is 11.6 Å². The van der Waals surface area contributed by atoms with Crippen LogP contribution in [0.3, 0.4) is 0 Å². The summed E-state index contributed by atoms with van der Waals surface area (Å²) in [6.45, 7) is 0.903. The number of hydrogen-bond donors (Lipinski definition) is 1. The van der Waals surface area contributed by atoms with E-state index in [1.165, 1.54) is 42.0 Å². The van der Waals surface area contributed by atoms with Crippen molar-refractivity contribution in [3.8, 4) is 5.75 Å². The number of fused-ring (bicyclic) bond motifs is 1. The second-order valence-electron chi connectivity index (χ2n) is 7.59. The maximum absolute atomic E-state index is 13.8. The lowest BCUT2D eigenvalue weighted by molar-refractivity contribution is 0.0937. The van der Waals surface area contributed by atoms with Crippen LogP contribution < -0.4 is 21.7 Å². The summed E-state index contributed by atoms with van der Waals surface area (Å²) in [4.78, 5) is 48.9. The van der Waals surface area contributed by atoms with Gasteiger partial charge in [-0.1, -0.05) is 17.7 Å². The molecule has 180 valence electrons. The van der Waals surface area contributed by atoms with Crippen molar-refractivity contribution in [2.45, 2.75) is 20.1 Å². The van der Waals surface area contributed by atoms with Crippen molar-refractivity contribution in [2.24, 2.45) is 5.73 Å². The van der Waals surface area contributed by atoms with Gasteiger partial charge in [0.2, 0.25) is 5.91 Å². The second-order valence-corrected chi connectivity index (χ2v) is 7.96. The first-order valence-electron chi connectivity index (χ1n) is 10.1. The van der Waals surface area contributed by atoms with Gasteiger partial charge >= 0.3 is 11.7 Å². The van der Waals surface area contributed by atoms with Gasteiger partial charge in [0.15, 0.2) is 0 Å². The molecule has 35 heavy (non-hydrogen) atoms. The number of carbonyl (C=O) groups excluding carboxylic acids is 2. The molecule has 0 saturated heterocycles. The SMILES string of the molecule is CC(=O)n1c(=O)n(C(N)=O)c2ccc(Cn3ccc(OCc4ccc(F)cc4F)c(Cl)c3=O)cc21. The minimum Gasteiger partial charge on any atom is -0.487 e. The average molecular weight is 503 g/mol. The molecule has 2 aromatic heterocycles. The number of pyridine rings is 1. The Balaban J connectivity index is 1.63. The zero-order chi connectivity index (χ0) is 25.4. The first-order chi connectivity index (χ1) is 16.6. The van der Waals surface area contributed by atoms with Gasteiger partial charge < -0.3 is 15.0 Å². The Kier molecular flexibility index (Phi) is 6.27. The summed E-state index contributed by atoms with van der Waals surface area (Å²) in [7, 11) is 0. The van der Waals surface area contributed by atoms with Crippen molar-refractivity contribution in [1.29, 1.82) is 0 Å². The number of imidazole rings is 1. The van der Waals surface area contributed by atoms with Crippen LogP contribution in [0.4, 0.5) is 13.6 Å². The number of rotatable bonds is 5. The van der Waals surface area contributed by atoms with Crippen LogP contribution >= 0.6 is 11.6 Å². The molecule has 2 N–H and O–H groups in total.